The minimum absolute atomic E-state index is 0.483. The molecule has 1 aromatic rings. The molecule has 0 unspecified atom stereocenters. The number of nitrogens with one attached hydrogen (secondary N) is 2. The van der Waals surface area contributed by atoms with Crippen molar-refractivity contribution >= 4 is 5.96 Å². The monoisotopic (exact) mass is 286 g/mol. The minimum Gasteiger partial charge on any atom is -0.353 e. The molecule has 0 atom stereocenters. The molecule has 1 aliphatic rings. The van der Waals surface area contributed by atoms with Crippen molar-refractivity contribution in [3.05, 3.63) is 47.5 Å². The first-order chi connectivity index (χ1) is 10.2. The Bertz CT molecular complexity index is 497. The lowest BCUT2D eigenvalue weighted by Crippen LogP contribution is -2.42. The Morgan fingerprint density at radius 2 is 1.95 bits per heavy atom. The summed E-state index contributed by atoms with van der Waals surface area (Å²) in [5, 5.41) is 6.84. The number of guanidine groups is 1. The summed E-state index contributed by atoms with van der Waals surface area (Å²) in [4.78, 5) is 6.48. The van der Waals surface area contributed by atoms with E-state index < -0.39 is 0 Å². The van der Waals surface area contributed by atoms with Gasteiger partial charge >= 0.3 is 0 Å². The molecule has 0 aromatic heterocycles. The quantitative estimate of drug-likeness (QED) is 0.495. The molecule has 0 radical (unpaired) electrons. The lowest BCUT2D eigenvalue weighted by Gasteiger charge is -2.17. The summed E-state index contributed by atoms with van der Waals surface area (Å²) in [5.41, 5.74) is 2.61. The summed E-state index contributed by atoms with van der Waals surface area (Å²) in [7, 11) is 6.00. The maximum atomic E-state index is 4.30. The Morgan fingerprint density at radius 1 is 1.24 bits per heavy atom. The highest BCUT2D eigenvalue weighted by atomic mass is 15.2. The van der Waals surface area contributed by atoms with E-state index in [0.29, 0.717) is 6.04 Å². The molecule has 0 fully saturated rings. The van der Waals surface area contributed by atoms with Crippen LogP contribution in [0.25, 0.3) is 0 Å². The van der Waals surface area contributed by atoms with E-state index in [9.17, 15) is 0 Å². The van der Waals surface area contributed by atoms with E-state index in [-0.39, 0.29) is 0 Å². The molecule has 0 saturated heterocycles. The fourth-order valence-electron chi connectivity index (χ4n) is 2.51. The van der Waals surface area contributed by atoms with Crippen molar-refractivity contribution in [1.29, 1.82) is 0 Å². The van der Waals surface area contributed by atoms with Crippen molar-refractivity contribution < 1.29 is 0 Å². The number of benzene rings is 1. The van der Waals surface area contributed by atoms with Crippen LogP contribution in [0.15, 0.2) is 41.4 Å². The SMILES string of the molecule is CN=C(NCc1cccc(CN(C)C)c1)NC1CC=CC1. The maximum Gasteiger partial charge on any atom is 0.191 e. The van der Waals surface area contributed by atoms with Crippen LogP contribution in [0.5, 0.6) is 0 Å². The second kappa shape index (κ2) is 7.84. The molecule has 0 amide bonds. The highest BCUT2D eigenvalue weighted by Crippen LogP contribution is 2.09. The van der Waals surface area contributed by atoms with Crippen LogP contribution in [0.2, 0.25) is 0 Å². The molecular formula is C17H26N4. The van der Waals surface area contributed by atoms with Crippen LogP contribution in [0.1, 0.15) is 24.0 Å². The predicted octanol–water partition coefficient (Wildman–Crippen LogP) is 2.13. The van der Waals surface area contributed by atoms with E-state index in [1.807, 2.05) is 7.05 Å². The molecule has 1 aliphatic carbocycles. The lowest BCUT2D eigenvalue weighted by atomic mass is 10.1. The highest BCUT2D eigenvalue weighted by molar-refractivity contribution is 5.80. The zero-order chi connectivity index (χ0) is 15.1. The fourth-order valence-corrected chi connectivity index (χ4v) is 2.51. The molecule has 4 heteroatoms. The van der Waals surface area contributed by atoms with Gasteiger partial charge in [-0.15, -0.1) is 0 Å². The summed E-state index contributed by atoms with van der Waals surface area (Å²) in [6, 6.07) is 9.16. The van der Waals surface area contributed by atoms with Gasteiger partial charge in [-0.3, -0.25) is 4.99 Å². The Balaban J connectivity index is 1.86. The fraction of sp³-hybridized carbons (Fsp3) is 0.471. The van der Waals surface area contributed by atoms with Crippen LogP contribution in [-0.2, 0) is 13.1 Å². The first-order valence-electron chi connectivity index (χ1n) is 7.52. The van der Waals surface area contributed by atoms with Crippen LogP contribution >= 0.6 is 0 Å². The van der Waals surface area contributed by atoms with Crippen molar-refractivity contribution in [2.75, 3.05) is 21.1 Å². The summed E-state index contributed by atoms with van der Waals surface area (Å²) in [6.45, 7) is 1.76. The number of hydrogen-bond donors (Lipinski definition) is 2. The van der Waals surface area contributed by atoms with Crippen LogP contribution in [0.3, 0.4) is 0 Å². The smallest absolute Gasteiger partial charge is 0.191 e. The molecule has 0 saturated carbocycles. The number of hydrogen-bond acceptors (Lipinski definition) is 2. The number of rotatable bonds is 5. The van der Waals surface area contributed by atoms with Crippen molar-refractivity contribution in [3.8, 4) is 0 Å². The molecule has 0 bridgehead atoms. The lowest BCUT2D eigenvalue weighted by molar-refractivity contribution is 0.402. The summed E-state index contributed by atoms with van der Waals surface area (Å²) >= 11 is 0. The molecule has 0 aliphatic heterocycles. The van der Waals surface area contributed by atoms with E-state index in [4.69, 9.17) is 0 Å². The standard InChI is InChI=1S/C17H26N4/c1-18-17(20-16-9-4-5-10-16)19-12-14-7-6-8-15(11-14)13-21(2)3/h4-8,11,16H,9-10,12-13H2,1-3H3,(H2,18,19,20). The zero-order valence-corrected chi connectivity index (χ0v) is 13.3. The highest BCUT2D eigenvalue weighted by Gasteiger charge is 2.11. The van der Waals surface area contributed by atoms with E-state index in [0.717, 1.165) is 31.9 Å². The summed E-state index contributed by atoms with van der Waals surface area (Å²) in [5.74, 6) is 0.877. The summed E-state index contributed by atoms with van der Waals surface area (Å²) in [6.07, 6.45) is 6.60. The topological polar surface area (TPSA) is 39.7 Å². The largest absolute Gasteiger partial charge is 0.353 e. The molecule has 21 heavy (non-hydrogen) atoms. The minimum atomic E-state index is 0.483. The first-order valence-corrected chi connectivity index (χ1v) is 7.52. The molecule has 1 aromatic carbocycles. The third kappa shape index (κ3) is 5.23. The second-order valence-electron chi connectivity index (χ2n) is 5.77. The Kier molecular flexibility index (Phi) is 5.81. The van der Waals surface area contributed by atoms with E-state index >= 15 is 0 Å². The van der Waals surface area contributed by atoms with Crippen molar-refractivity contribution in [1.82, 2.24) is 15.5 Å². The van der Waals surface area contributed by atoms with Crippen molar-refractivity contribution in [2.24, 2.45) is 4.99 Å². The zero-order valence-electron chi connectivity index (χ0n) is 13.3. The molecule has 0 spiro atoms. The molecule has 0 heterocycles. The van der Waals surface area contributed by atoms with Crippen molar-refractivity contribution in [3.63, 3.8) is 0 Å². The van der Waals surface area contributed by atoms with Gasteiger partial charge in [0.15, 0.2) is 5.96 Å². The Hall–Kier alpha value is -1.81. The molecule has 2 N–H and O–H groups in total. The van der Waals surface area contributed by atoms with E-state index in [2.05, 4.69) is 71.0 Å². The van der Waals surface area contributed by atoms with Gasteiger partial charge in [0.1, 0.15) is 0 Å². The molecule has 114 valence electrons. The third-order valence-corrected chi connectivity index (χ3v) is 3.52. The van der Waals surface area contributed by atoms with Crippen molar-refractivity contribution in [2.45, 2.75) is 32.0 Å². The molecular weight excluding hydrogens is 260 g/mol. The predicted molar refractivity (Wildman–Crippen MR) is 89.3 cm³/mol. The van der Waals surface area contributed by atoms with Crippen LogP contribution in [-0.4, -0.2) is 38.0 Å². The van der Waals surface area contributed by atoms with Crippen LogP contribution in [0.4, 0.5) is 0 Å². The van der Waals surface area contributed by atoms with Gasteiger partial charge in [-0.05, 0) is 38.1 Å². The van der Waals surface area contributed by atoms with E-state index in [1.54, 1.807) is 0 Å². The van der Waals surface area contributed by atoms with Gasteiger partial charge in [0.2, 0.25) is 0 Å². The normalized spacial score (nSPS) is 15.7. The third-order valence-electron chi connectivity index (χ3n) is 3.52. The Morgan fingerprint density at radius 3 is 2.62 bits per heavy atom. The van der Waals surface area contributed by atoms with Gasteiger partial charge in [0, 0.05) is 26.2 Å². The van der Waals surface area contributed by atoms with Gasteiger partial charge < -0.3 is 15.5 Å². The second-order valence-corrected chi connectivity index (χ2v) is 5.77. The number of nitrogens with zero attached hydrogens (tertiary/aromatic N) is 2. The number of aliphatic imine (C=N–C) groups is 1. The van der Waals surface area contributed by atoms with Gasteiger partial charge in [0.25, 0.3) is 0 Å². The average molecular weight is 286 g/mol. The maximum absolute atomic E-state index is 4.30. The first kappa shape index (κ1) is 15.6. The molecule has 4 nitrogen and oxygen atoms in total. The summed E-state index contributed by atoms with van der Waals surface area (Å²) < 4.78 is 0. The van der Waals surface area contributed by atoms with Gasteiger partial charge in [0.05, 0.1) is 0 Å². The Labute approximate surface area is 128 Å². The van der Waals surface area contributed by atoms with E-state index in [1.165, 1.54) is 11.1 Å². The van der Waals surface area contributed by atoms with Crippen LogP contribution in [0, 0.1) is 0 Å². The molecule has 2 rings (SSSR count). The average Bonchev–Trinajstić information content (AvgIpc) is 2.96. The van der Waals surface area contributed by atoms with Gasteiger partial charge in [-0.2, -0.15) is 0 Å². The van der Waals surface area contributed by atoms with Gasteiger partial charge in [-0.1, -0.05) is 36.4 Å². The van der Waals surface area contributed by atoms with Crippen LogP contribution < -0.4 is 10.6 Å². The van der Waals surface area contributed by atoms with Gasteiger partial charge in [-0.25, -0.2) is 0 Å².